The Morgan fingerprint density at radius 2 is 1.85 bits per heavy atom. The number of hydrogen-bond donors (Lipinski definition) is 0. The third-order valence-corrected chi connectivity index (χ3v) is 4.12. The summed E-state index contributed by atoms with van der Waals surface area (Å²) in [6.07, 6.45) is 2.84. The first-order chi connectivity index (χ1) is 12.7. The van der Waals surface area contributed by atoms with Gasteiger partial charge in [-0.25, -0.2) is 4.79 Å². The van der Waals surface area contributed by atoms with Crippen LogP contribution in [0.5, 0.6) is 0 Å². The van der Waals surface area contributed by atoms with Crippen LogP contribution in [0.15, 0.2) is 24.3 Å². The molecule has 0 aliphatic heterocycles. The van der Waals surface area contributed by atoms with E-state index in [-0.39, 0.29) is 24.9 Å². The Balaban J connectivity index is 2.15. The van der Waals surface area contributed by atoms with Crippen molar-refractivity contribution in [1.29, 1.82) is 0 Å². The highest BCUT2D eigenvalue weighted by atomic mass is 16.6. The van der Waals surface area contributed by atoms with E-state index in [1.807, 2.05) is 0 Å². The van der Waals surface area contributed by atoms with Crippen LogP contribution < -0.4 is 0 Å². The minimum atomic E-state index is -0.757. The van der Waals surface area contributed by atoms with Gasteiger partial charge in [0.15, 0.2) is 0 Å². The van der Waals surface area contributed by atoms with Crippen LogP contribution in [0.1, 0.15) is 52.0 Å². The molecule has 1 amide bonds. The molecule has 27 heavy (non-hydrogen) atoms. The van der Waals surface area contributed by atoms with Gasteiger partial charge in [0.1, 0.15) is 18.2 Å². The molecule has 0 spiro atoms. The van der Waals surface area contributed by atoms with E-state index in [0.717, 1.165) is 30.6 Å². The standard InChI is InChI=1S/C19H26N2O6/c1-19(2,3)27-18(23)20(13-17(22)26-15-9-5-6-10-15)12-14-8-4-7-11-16(14)21(24)25/h4,7-8,11,15H,5-6,9-10,12-13H2,1-3H3. The minimum Gasteiger partial charge on any atom is -0.461 e. The van der Waals surface area contributed by atoms with Crippen molar-refractivity contribution in [2.75, 3.05) is 6.54 Å². The number of carbonyl (C=O) groups is 2. The van der Waals surface area contributed by atoms with E-state index in [9.17, 15) is 19.7 Å². The average Bonchev–Trinajstić information content (AvgIpc) is 3.05. The Labute approximate surface area is 158 Å². The van der Waals surface area contributed by atoms with Crippen LogP contribution in [-0.2, 0) is 20.8 Å². The van der Waals surface area contributed by atoms with Crippen molar-refractivity contribution < 1.29 is 24.0 Å². The number of amides is 1. The van der Waals surface area contributed by atoms with E-state index in [1.54, 1.807) is 39.0 Å². The number of benzene rings is 1. The lowest BCUT2D eigenvalue weighted by molar-refractivity contribution is -0.385. The Hall–Kier alpha value is -2.64. The number of esters is 1. The lowest BCUT2D eigenvalue weighted by Gasteiger charge is -2.27. The van der Waals surface area contributed by atoms with Crippen molar-refractivity contribution in [2.45, 2.75) is 64.7 Å². The summed E-state index contributed by atoms with van der Waals surface area (Å²) in [5.41, 5.74) is -0.551. The molecule has 0 N–H and O–H groups in total. The number of nitro groups is 1. The number of carbonyl (C=O) groups excluding carboxylic acids is 2. The van der Waals surface area contributed by atoms with Gasteiger partial charge < -0.3 is 9.47 Å². The number of nitrogens with zero attached hydrogens (tertiary/aromatic N) is 2. The summed E-state index contributed by atoms with van der Waals surface area (Å²) in [5.74, 6) is -0.536. The maximum absolute atomic E-state index is 12.5. The van der Waals surface area contributed by atoms with Crippen molar-refractivity contribution in [1.82, 2.24) is 4.90 Å². The normalized spacial score (nSPS) is 14.6. The second kappa shape index (κ2) is 8.83. The van der Waals surface area contributed by atoms with E-state index in [1.165, 1.54) is 6.07 Å². The van der Waals surface area contributed by atoms with Crippen LogP contribution in [0.3, 0.4) is 0 Å². The third kappa shape index (κ3) is 6.54. The van der Waals surface area contributed by atoms with Crippen molar-refractivity contribution in [3.8, 4) is 0 Å². The van der Waals surface area contributed by atoms with Crippen molar-refractivity contribution in [3.63, 3.8) is 0 Å². The molecule has 0 heterocycles. The molecule has 8 heteroatoms. The molecule has 1 aliphatic rings. The third-order valence-electron chi connectivity index (χ3n) is 4.12. The SMILES string of the molecule is CC(C)(C)OC(=O)N(CC(=O)OC1CCCC1)Cc1ccccc1[N+](=O)[O-]. The van der Waals surface area contributed by atoms with Gasteiger partial charge in [0.05, 0.1) is 11.5 Å². The van der Waals surface area contributed by atoms with E-state index in [0.29, 0.717) is 5.56 Å². The molecule has 0 atom stereocenters. The van der Waals surface area contributed by atoms with Crippen molar-refractivity contribution >= 4 is 17.7 Å². The molecule has 2 rings (SSSR count). The van der Waals surface area contributed by atoms with Crippen LogP contribution >= 0.6 is 0 Å². The summed E-state index contributed by atoms with van der Waals surface area (Å²) in [7, 11) is 0. The van der Waals surface area contributed by atoms with Crippen molar-refractivity contribution in [2.24, 2.45) is 0 Å². The van der Waals surface area contributed by atoms with Gasteiger partial charge in [-0.05, 0) is 46.5 Å². The van der Waals surface area contributed by atoms with E-state index < -0.39 is 22.6 Å². The molecule has 1 fully saturated rings. The summed E-state index contributed by atoms with van der Waals surface area (Å²) in [4.78, 5) is 36.7. The number of rotatable bonds is 6. The van der Waals surface area contributed by atoms with Crippen LogP contribution in [0.4, 0.5) is 10.5 Å². The quantitative estimate of drug-likeness (QED) is 0.424. The Kier molecular flexibility index (Phi) is 6.76. The first-order valence-corrected chi connectivity index (χ1v) is 9.05. The molecule has 0 saturated heterocycles. The van der Waals surface area contributed by atoms with E-state index in [2.05, 4.69) is 0 Å². The molecule has 0 aromatic heterocycles. The number of ether oxygens (including phenoxy) is 2. The Bertz CT molecular complexity index is 692. The average molecular weight is 378 g/mol. The molecule has 1 aliphatic carbocycles. The Morgan fingerprint density at radius 3 is 2.44 bits per heavy atom. The summed E-state index contributed by atoms with van der Waals surface area (Å²) in [5, 5.41) is 11.2. The van der Waals surface area contributed by atoms with Crippen LogP contribution in [0.25, 0.3) is 0 Å². The largest absolute Gasteiger partial charge is 0.461 e. The zero-order valence-corrected chi connectivity index (χ0v) is 16.0. The molecule has 1 saturated carbocycles. The molecular formula is C19H26N2O6. The predicted molar refractivity (Wildman–Crippen MR) is 98.1 cm³/mol. The van der Waals surface area contributed by atoms with Crippen LogP contribution in [0, 0.1) is 10.1 Å². The second-order valence-electron chi connectivity index (χ2n) is 7.62. The molecule has 0 unspecified atom stereocenters. The smallest absolute Gasteiger partial charge is 0.411 e. The molecular weight excluding hydrogens is 352 g/mol. The molecule has 1 aromatic rings. The van der Waals surface area contributed by atoms with Crippen LogP contribution in [0.2, 0.25) is 0 Å². The fourth-order valence-electron chi connectivity index (χ4n) is 2.92. The molecule has 0 radical (unpaired) electrons. The fourth-order valence-corrected chi connectivity index (χ4v) is 2.92. The minimum absolute atomic E-state index is 0.116. The Morgan fingerprint density at radius 1 is 1.22 bits per heavy atom. The maximum Gasteiger partial charge on any atom is 0.411 e. The van der Waals surface area contributed by atoms with E-state index in [4.69, 9.17) is 9.47 Å². The topological polar surface area (TPSA) is 99.0 Å². The van der Waals surface area contributed by atoms with Gasteiger partial charge in [0, 0.05) is 11.6 Å². The molecule has 0 bridgehead atoms. The molecule has 8 nitrogen and oxygen atoms in total. The van der Waals surface area contributed by atoms with Gasteiger partial charge in [0.25, 0.3) is 5.69 Å². The number of hydrogen-bond acceptors (Lipinski definition) is 6. The van der Waals surface area contributed by atoms with Gasteiger partial charge in [-0.1, -0.05) is 18.2 Å². The maximum atomic E-state index is 12.5. The summed E-state index contributed by atoms with van der Waals surface area (Å²) >= 11 is 0. The second-order valence-corrected chi connectivity index (χ2v) is 7.62. The van der Waals surface area contributed by atoms with Gasteiger partial charge in [-0.15, -0.1) is 0 Å². The lowest BCUT2D eigenvalue weighted by Crippen LogP contribution is -2.40. The summed E-state index contributed by atoms with van der Waals surface area (Å²) in [6.45, 7) is 4.70. The van der Waals surface area contributed by atoms with Crippen LogP contribution in [-0.4, -0.2) is 40.1 Å². The fraction of sp³-hybridized carbons (Fsp3) is 0.579. The summed E-state index contributed by atoms with van der Waals surface area (Å²) in [6, 6.07) is 6.11. The van der Waals surface area contributed by atoms with Crippen molar-refractivity contribution in [3.05, 3.63) is 39.9 Å². The zero-order valence-electron chi connectivity index (χ0n) is 16.0. The lowest BCUT2D eigenvalue weighted by atomic mass is 10.1. The number of nitro benzene ring substituents is 1. The number of para-hydroxylation sites is 1. The predicted octanol–water partition coefficient (Wildman–Crippen LogP) is 3.82. The van der Waals surface area contributed by atoms with Gasteiger partial charge in [-0.3, -0.25) is 19.8 Å². The molecule has 148 valence electrons. The zero-order chi connectivity index (χ0) is 20.0. The van der Waals surface area contributed by atoms with E-state index >= 15 is 0 Å². The highest BCUT2D eigenvalue weighted by molar-refractivity contribution is 5.78. The molecule has 1 aromatic carbocycles. The highest BCUT2D eigenvalue weighted by Gasteiger charge is 2.28. The van der Waals surface area contributed by atoms with Gasteiger partial charge >= 0.3 is 12.1 Å². The first-order valence-electron chi connectivity index (χ1n) is 9.05. The highest BCUT2D eigenvalue weighted by Crippen LogP contribution is 2.23. The van der Waals surface area contributed by atoms with Gasteiger partial charge in [0.2, 0.25) is 0 Å². The summed E-state index contributed by atoms with van der Waals surface area (Å²) < 4.78 is 10.8. The first kappa shape index (κ1) is 20.7. The monoisotopic (exact) mass is 378 g/mol. The van der Waals surface area contributed by atoms with Gasteiger partial charge in [-0.2, -0.15) is 0 Å².